The van der Waals surface area contributed by atoms with Crippen LogP contribution in [0.15, 0.2) is 55.0 Å². The van der Waals surface area contributed by atoms with Gasteiger partial charge in [-0.3, -0.25) is 9.48 Å². The first-order valence-corrected chi connectivity index (χ1v) is 15.7. The minimum absolute atomic E-state index is 0.115. The molecule has 7 rings (SSSR count). The standard InChI is InChI=1S/C32H31ClFN7O2S/c1-39(2)22-10-11-40(15-22)28(42)16-41-26-8-7-23-29-31(35-18-36-32(29)44-30(23)24(26)14-37-41)38-21-6-9-27(25(33)13-21)43-17-19-4-3-5-20(34)12-19/h3-6,9,12-14,18,22H,7-8,10-11,15-17H2,1-2H3,(H,35,36,38)/t22-/m0/s1. The Kier molecular flexibility index (Phi) is 7.69. The van der Waals surface area contributed by atoms with E-state index in [1.165, 1.54) is 17.7 Å². The van der Waals surface area contributed by atoms with Crippen molar-refractivity contribution in [3.8, 4) is 16.2 Å². The number of hydrogen-bond acceptors (Lipinski definition) is 8. The third kappa shape index (κ3) is 5.51. The number of carbonyl (C=O) groups is 1. The molecule has 1 saturated heterocycles. The third-order valence-electron chi connectivity index (χ3n) is 8.40. The lowest BCUT2D eigenvalue weighted by Gasteiger charge is -2.21. The van der Waals surface area contributed by atoms with Gasteiger partial charge in [0.05, 0.1) is 16.6 Å². The predicted octanol–water partition coefficient (Wildman–Crippen LogP) is 5.93. The Bertz CT molecular complexity index is 1870. The number of likely N-dealkylation sites (tertiary alicyclic amines) is 1. The molecule has 0 bridgehead atoms. The van der Waals surface area contributed by atoms with Crippen LogP contribution in [0.25, 0.3) is 20.7 Å². The molecule has 1 aliphatic carbocycles. The number of halogens is 2. The van der Waals surface area contributed by atoms with E-state index in [1.54, 1.807) is 41.9 Å². The van der Waals surface area contributed by atoms with E-state index >= 15 is 0 Å². The van der Waals surface area contributed by atoms with E-state index in [1.807, 2.05) is 21.8 Å². The van der Waals surface area contributed by atoms with Gasteiger partial charge in [-0.15, -0.1) is 11.3 Å². The van der Waals surface area contributed by atoms with E-state index < -0.39 is 0 Å². The van der Waals surface area contributed by atoms with Crippen molar-refractivity contribution in [1.29, 1.82) is 0 Å². The maximum Gasteiger partial charge on any atom is 0.244 e. The van der Waals surface area contributed by atoms with Crippen LogP contribution in [0.5, 0.6) is 5.75 Å². The molecule has 5 aromatic rings. The van der Waals surface area contributed by atoms with Gasteiger partial charge in [-0.1, -0.05) is 23.7 Å². The largest absolute Gasteiger partial charge is 0.487 e. The smallest absolute Gasteiger partial charge is 0.244 e. The Morgan fingerprint density at radius 2 is 2.09 bits per heavy atom. The van der Waals surface area contributed by atoms with Crippen LogP contribution in [0, 0.1) is 5.82 Å². The first-order chi connectivity index (χ1) is 21.3. The number of hydrogen-bond donors (Lipinski definition) is 1. The van der Waals surface area contributed by atoms with Crippen molar-refractivity contribution in [2.24, 2.45) is 0 Å². The quantitative estimate of drug-likeness (QED) is 0.227. The molecule has 0 saturated carbocycles. The first kappa shape index (κ1) is 28.7. The lowest BCUT2D eigenvalue weighted by molar-refractivity contribution is -0.131. The number of anilines is 2. The topological polar surface area (TPSA) is 88.4 Å². The molecule has 1 N–H and O–H groups in total. The molecule has 0 radical (unpaired) electrons. The molecule has 44 heavy (non-hydrogen) atoms. The number of likely N-dealkylation sites (N-methyl/N-ethyl adjacent to an activating group) is 1. The average Bonchev–Trinajstić information content (AvgIpc) is 3.74. The summed E-state index contributed by atoms with van der Waals surface area (Å²) in [6.07, 6.45) is 6.01. The number of amides is 1. The maximum absolute atomic E-state index is 13.5. The van der Waals surface area contributed by atoms with E-state index in [0.717, 1.165) is 70.0 Å². The number of thiophene rings is 1. The summed E-state index contributed by atoms with van der Waals surface area (Å²) in [6.45, 7) is 2.01. The molecule has 2 aliphatic rings. The SMILES string of the molecule is CN(C)[C@H]1CCN(C(=O)Cn2ncc3c2CCc2c-3sc3ncnc(Nc4ccc(OCc5cccc(F)c5)c(Cl)c4)c23)C1. The van der Waals surface area contributed by atoms with E-state index in [2.05, 4.69) is 39.4 Å². The maximum atomic E-state index is 13.5. The summed E-state index contributed by atoms with van der Waals surface area (Å²) < 4.78 is 21.2. The molecule has 12 heteroatoms. The second kappa shape index (κ2) is 11.8. The molecular formula is C32H31ClFN7O2S. The number of benzene rings is 2. The van der Waals surface area contributed by atoms with Gasteiger partial charge in [0.1, 0.15) is 41.7 Å². The molecule has 226 valence electrons. The summed E-state index contributed by atoms with van der Waals surface area (Å²) in [5.41, 5.74) is 4.81. The summed E-state index contributed by atoms with van der Waals surface area (Å²) in [5, 5.41) is 9.48. The van der Waals surface area contributed by atoms with Crippen LogP contribution in [0.3, 0.4) is 0 Å². The zero-order chi connectivity index (χ0) is 30.4. The van der Waals surface area contributed by atoms with Crippen LogP contribution in [-0.2, 0) is 30.8 Å². The number of nitrogens with zero attached hydrogens (tertiary/aromatic N) is 6. The van der Waals surface area contributed by atoms with Gasteiger partial charge in [0.2, 0.25) is 5.91 Å². The highest BCUT2D eigenvalue weighted by molar-refractivity contribution is 7.22. The first-order valence-electron chi connectivity index (χ1n) is 14.5. The molecule has 1 amide bonds. The number of nitrogens with one attached hydrogen (secondary N) is 1. The number of fused-ring (bicyclic) bond motifs is 5. The highest BCUT2D eigenvalue weighted by Crippen LogP contribution is 2.45. The Morgan fingerprint density at radius 3 is 2.89 bits per heavy atom. The number of ether oxygens (including phenoxy) is 1. The van der Waals surface area contributed by atoms with Crippen molar-refractivity contribution < 1.29 is 13.9 Å². The summed E-state index contributed by atoms with van der Waals surface area (Å²) >= 11 is 8.18. The van der Waals surface area contributed by atoms with Crippen molar-refractivity contribution >= 4 is 50.6 Å². The Labute approximate surface area is 263 Å². The van der Waals surface area contributed by atoms with Crippen LogP contribution in [0.4, 0.5) is 15.9 Å². The highest BCUT2D eigenvalue weighted by atomic mass is 35.5. The van der Waals surface area contributed by atoms with Crippen molar-refractivity contribution in [2.45, 2.75) is 38.5 Å². The van der Waals surface area contributed by atoms with Crippen molar-refractivity contribution in [2.75, 3.05) is 32.5 Å². The zero-order valence-corrected chi connectivity index (χ0v) is 26.0. The number of aryl methyl sites for hydroxylation is 1. The van der Waals surface area contributed by atoms with Crippen LogP contribution in [0.1, 0.15) is 23.2 Å². The number of aromatic nitrogens is 4. The summed E-state index contributed by atoms with van der Waals surface area (Å²) in [6, 6.07) is 12.1. The lowest BCUT2D eigenvalue weighted by atomic mass is 9.95. The summed E-state index contributed by atoms with van der Waals surface area (Å²) in [7, 11) is 4.13. The molecule has 9 nitrogen and oxygen atoms in total. The van der Waals surface area contributed by atoms with Gasteiger partial charge in [0.25, 0.3) is 0 Å². The zero-order valence-electron chi connectivity index (χ0n) is 24.4. The lowest BCUT2D eigenvalue weighted by Crippen LogP contribution is -2.36. The van der Waals surface area contributed by atoms with Gasteiger partial charge in [-0.2, -0.15) is 5.10 Å². The van der Waals surface area contributed by atoms with Gasteiger partial charge in [0, 0.05) is 41.0 Å². The minimum atomic E-state index is -0.306. The van der Waals surface area contributed by atoms with Crippen molar-refractivity contribution in [3.05, 3.63) is 82.6 Å². The minimum Gasteiger partial charge on any atom is -0.487 e. The van der Waals surface area contributed by atoms with Gasteiger partial charge in [0.15, 0.2) is 0 Å². The second-order valence-corrected chi connectivity index (χ2v) is 12.8. The van der Waals surface area contributed by atoms with Crippen molar-refractivity contribution in [1.82, 2.24) is 29.5 Å². The fourth-order valence-electron chi connectivity index (χ4n) is 6.02. The van der Waals surface area contributed by atoms with E-state index in [4.69, 9.17) is 16.3 Å². The number of rotatable bonds is 8. The molecule has 1 atom stereocenters. The second-order valence-electron chi connectivity index (χ2n) is 11.4. The fraction of sp³-hybridized carbons (Fsp3) is 0.312. The highest BCUT2D eigenvalue weighted by Gasteiger charge is 2.30. The van der Waals surface area contributed by atoms with Gasteiger partial charge >= 0.3 is 0 Å². The summed E-state index contributed by atoms with van der Waals surface area (Å²) in [4.78, 5) is 28.4. The van der Waals surface area contributed by atoms with Gasteiger partial charge < -0.3 is 19.9 Å². The molecule has 1 aliphatic heterocycles. The molecule has 0 spiro atoms. The molecule has 2 aromatic carbocycles. The predicted molar refractivity (Wildman–Crippen MR) is 170 cm³/mol. The van der Waals surface area contributed by atoms with Crippen LogP contribution >= 0.6 is 22.9 Å². The normalized spacial score (nSPS) is 15.9. The van der Waals surface area contributed by atoms with Crippen LogP contribution < -0.4 is 10.1 Å². The average molecular weight is 632 g/mol. The molecule has 3 aromatic heterocycles. The van der Waals surface area contributed by atoms with Crippen LogP contribution in [-0.4, -0.2) is 68.7 Å². The third-order valence-corrected chi connectivity index (χ3v) is 9.87. The van der Waals surface area contributed by atoms with Gasteiger partial charge in [-0.05, 0) is 74.8 Å². The molecule has 4 heterocycles. The molecule has 1 fully saturated rings. The van der Waals surface area contributed by atoms with E-state index in [9.17, 15) is 9.18 Å². The van der Waals surface area contributed by atoms with E-state index in [0.29, 0.717) is 22.6 Å². The fourth-order valence-corrected chi connectivity index (χ4v) is 7.48. The number of carbonyl (C=O) groups excluding carboxylic acids is 1. The Morgan fingerprint density at radius 1 is 1.20 bits per heavy atom. The van der Waals surface area contributed by atoms with E-state index in [-0.39, 0.29) is 24.9 Å². The van der Waals surface area contributed by atoms with Crippen LogP contribution in [0.2, 0.25) is 5.02 Å². The molecular weight excluding hydrogens is 601 g/mol. The summed E-state index contributed by atoms with van der Waals surface area (Å²) in [5.74, 6) is 1.02. The monoisotopic (exact) mass is 631 g/mol. The Hall–Kier alpha value is -4.06. The van der Waals surface area contributed by atoms with Crippen molar-refractivity contribution in [3.63, 3.8) is 0 Å². The Balaban J connectivity index is 1.10. The molecule has 0 unspecified atom stereocenters. The van der Waals surface area contributed by atoms with Gasteiger partial charge in [-0.25, -0.2) is 14.4 Å².